The van der Waals surface area contributed by atoms with Crippen molar-refractivity contribution in [3.05, 3.63) is 34.3 Å². The Labute approximate surface area is 128 Å². The van der Waals surface area contributed by atoms with Gasteiger partial charge in [-0.15, -0.1) is 0 Å². The van der Waals surface area contributed by atoms with Crippen molar-refractivity contribution in [1.29, 1.82) is 0 Å². The highest BCUT2D eigenvalue weighted by Gasteiger charge is 2.44. The van der Waals surface area contributed by atoms with Crippen LogP contribution in [0.25, 0.3) is 10.9 Å². The van der Waals surface area contributed by atoms with Crippen LogP contribution in [0.5, 0.6) is 0 Å². The number of aromatic nitrogens is 1. The third-order valence-electron chi connectivity index (χ3n) is 5.14. The van der Waals surface area contributed by atoms with Crippen LogP contribution < -0.4 is 4.90 Å². The Bertz CT molecular complexity index is 666. The molecule has 3 heteroatoms. The molecular weight excluding hydrogens is 312 g/mol. The van der Waals surface area contributed by atoms with Crippen LogP contribution in [0.3, 0.4) is 0 Å². The van der Waals surface area contributed by atoms with E-state index in [0.29, 0.717) is 0 Å². The molecule has 0 radical (unpaired) electrons. The first-order valence-corrected chi connectivity index (χ1v) is 8.28. The molecule has 104 valence electrons. The molecule has 2 aliphatic rings. The van der Waals surface area contributed by atoms with Crippen LogP contribution in [0.2, 0.25) is 0 Å². The molecule has 2 aromatic rings. The Kier molecular flexibility index (Phi) is 2.81. The predicted octanol–water partition coefficient (Wildman–Crippen LogP) is 4.69. The van der Waals surface area contributed by atoms with Crippen molar-refractivity contribution in [3.63, 3.8) is 0 Å². The summed E-state index contributed by atoms with van der Waals surface area (Å²) in [5.74, 6) is 1.14. The average Bonchev–Trinajstić information content (AvgIpc) is 3.23. The van der Waals surface area contributed by atoms with Crippen molar-refractivity contribution in [2.45, 2.75) is 32.6 Å². The van der Waals surface area contributed by atoms with Gasteiger partial charge in [0, 0.05) is 18.5 Å². The summed E-state index contributed by atoms with van der Waals surface area (Å²) in [4.78, 5) is 7.37. The van der Waals surface area contributed by atoms with E-state index in [1.54, 1.807) is 0 Å². The van der Waals surface area contributed by atoms with E-state index >= 15 is 0 Å². The van der Waals surface area contributed by atoms with E-state index in [4.69, 9.17) is 4.98 Å². The van der Waals surface area contributed by atoms with E-state index in [-0.39, 0.29) is 0 Å². The van der Waals surface area contributed by atoms with Crippen LogP contribution in [0.4, 0.5) is 5.82 Å². The highest BCUT2D eigenvalue weighted by atomic mass is 79.9. The molecular formula is C17H19BrN2. The standard InChI is InChI=1S/C17H19BrN2/c1-12-13-4-2-3-5-14(13)19-16(15(12)18)20-10-8-17(6-7-17)9-11-20/h2-5H,6-11H2,1H3. The quantitative estimate of drug-likeness (QED) is 0.754. The Hall–Kier alpha value is -1.09. The monoisotopic (exact) mass is 330 g/mol. The maximum absolute atomic E-state index is 4.91. The number of benzene rings is 1. The van der Waals surface area contributed by atoms with Gasteiger partial charge in [0.2, 0.25) is 0 Å². The molecule has 4 rings (SSSR count). The normalized spacial score (nSPS) is 20.6. The van der Waals surface area contributed by atoms with Crippen molar-refractivity contribution in [3.8, 4) is 0 Å². The van der Waals surface area contributed by atoms with E-state index in [9.17, 15) is 0 Å². The minimum absolute atomic E-state index is 0.717. The molecule has 0 amide bonds. The van der Waals surface area contributed by atoms with E-state index in [2.05, 4.69) is 52.0 Å². The maximum Gasteiger partial charge on any atom is 0.143 e. The summed E-state index contributed by atoms with van der Waals surface area (Å²) in [6.07, 6.45) is 5.58. The molecule has 0 unspecified atom stereocenters. The lowest BCUT2D eigenvalue weighted by atomic mass is 9.93. The van der Waals surface area contributed by atoms with Gasteiger partial charge in [-0.05, 0) is 65.6 Å². The smallest absolute Gasteiger partial charge is 0.143 e. The van der Waals surface area contributed by atoms with Gasteiger partial charge in [0.25, 0.3) is 0 Å². The van der Waals surface area contributed by atoms with Crippen molar-refractivity contribution in [2.24, 2.45) is 5.41 Å². The lowest BCUT2D eigenvalue weighted by molar-refractivity contribution is 0.383. The van der Waals surface area contributed by atoms with Gasteiger partial charge in [0.05, 0.1) is 9.99 Å². The molecule has 20 heavy (non-hydrogen) atoms. The molecule has 1 saturated carbocycles. The maximum atomic E-state index is 4.91. The molecule has 2 heterocycles. The van der Waals surface area contributed by atoms with Gasteiger partial charge >= 0.3 is 0 Å². The zero-order valence-corrected chi connectivity index (χ0v) is 13.4. The summed E-state index contributed by atoms with van der Waals surface area (Å²) in [5, 5.41) is 1.25. The number of pyridine rings is 1. The molecule has 2 fully saturated rings. The zero-order chi connectivity index (χ0) is 13.7. The van der Waals surface area contributed by atoms with Crippen LogP contribution in [-0.2, 0) is 0 Å². The second-order valence-corrected chi connectivity index (χ2v) is 7.17. The molecule has 0 N–H and O–H groups in total. The third-order valence-corrected chi connectivity index (χ3v) is 6.09. The van der Waals surface area contributed by atoms with Crippen LogP contribution in [0.1, 0.15) is 31.2 Å². The first kappa shape index (κ1) is 12.6. The topological polar surface area (TPSA) is 16.1 Å². The van der Waals surface area contributed by atoms with Gasteiger partial charge in [-0.1, -0.05) is 18.2 Å². The zero-order valence-electron chi connectivity index (χ0n) is 11.8. The lowest BCUT2D eigenvalue weighted by Gasteiger charge is -2.34. The number of hydrogen-bond acceptors (Lipinski definition) is 2. The fourth-order valence-corrected chi connectivity index (χ4v) is 3.97. The molecule has 1 saturated heterocycles. The van der Waals surface area contributed by atoms with E-state index in [1.165, 1.54) is 41.1 Å². The Balaban J connectivity index is 1.74. The van der Waals surface area contributed by atoms with Gasteiger partial charge < -0.3 is 4.90 Å². The second-order valence-electron chi connectivity index (χ2n) is 6.38. The van der Waals surface area contributed by atoms with Gasteiger partial charge in [0.15, 0.2) is 0 Å². The summed E-state index contributed by atoms with van der Waals surface area (Å²) in [6, 6.07) is 8.43. The van der Waals surface area contributed by atoms with Gasteiger partial charge in [-0.25, -0.2) is 4.98 Å². The predicted molar refractivity (Wildman–Crippen MR) is 87.3 cm³/mol. The number of hydrogen-bond donors (Lipinski definition) is 0. The highest BCUT2D eigenvalue weighted by Crippen LogP contribution is 2.54. The van der Waals surface area contributed by atoms with E-state index in [0.717, 1.165) is 29.8 Å². The first-order chi connectivity index (χ1) is 9.69. The summed E-state index contributed by atoms with van der Waals surface area (Å²) < 4.78 is 1.17. The summed E-state index contributed by atoms with van der Waals surface area (Å²) in [5.41, 5.74) is 3.13. The molecule has 1 aliphatic carbocycles. The summed E-state index contributed by atoms with van der Waals surface area (Å²) >= 11 is 3.78. The van der Waals surface area contributed by atoms with Gasteiger partial charge in [-0.2, -0.15) is 0 Å². The summed E-state index contributed by atoms with van der Waals surface area (Å²) in [6.45, 7) is 4.50. The Morgan fingerprint density at radius 3 is 2.50 bits per heavy atom. The molecule has 0 atom stereocenters. The van der Waals surface area contributed by atoms with Crippen LogP contribution in [0, 0.1) is 12.3 Å². The van der Waals surface area contributed by atoms with Crippen molar-refractivity contribution in [2.75, 3.05) is 18.0 Å². The summed E-state index contributed by atoms with van der Waals surface area (Å²) in [7, 11) is 0. The van der Waals surface area contributed by atoms with Gasteiger partial charge in [0.1, 0.15) is 5.82 Å². The number of rotatable bonds is 1. The van der Waals surface area contributed by atoms with Crippen LogP contribution in [0.15, 0.2) is 28.7 Å². The number of piperidine rings is 1. The molecule has 2 nitrogen and oxygen atoms in total. The molecule has 1 aliphatic heterocycles. The van der Waals surface area contributed by atoms with Gasteiger partial charge in [-0.3, -0.25) is 0 Å². The number of para-hydroxylation sites is 1. The number of anilines is 1. The number of fused-ring (bicyclic) bond motifs is 1. The number of aryl methyl sites for hydroxylation is 1. The minimum Gasteiger partial charge on any atom is -0.356 e. The lowest BCUT2D eigenvalue weighted by Crippen LogP contribution is -2.35. The SMILES string of the molecule is Cc1c(Br)c(N2CCC3(CC2)CC3)nc2ccccc12. The highest BCUT2D eigenvalue weighted by molar-refractivity contribution is 9.10. The Morgan fingerprint density at radius 2 is 1.80 bits per heavy atom. The fraction of sp³-hybridized carbons (Fsp3) is 0.471. The van der Waals surface area contributed by atoms with E-state index in [1.807, 2.05) is 0 Å². The van der Waals surface area contributed by atoms with Crippen LogP contribution >= 0.6 is 15.9 Å². The average molecular weight is 331 g/mol. The largest absolute Gasteiger partial charge is 0.356 e. The first-order valence-electron chi connectivity index (χ1n) is 7.48. The second kappa shape index (κ2) is 4.45. The molecule has 0 bridgehead atoms. The fourth-order valence-electron chi connectivity index (χ4n) is 3.42. The van der Waals surface area contributed by atoms with Crippen molar-refractivity contribution in [1.82, 2.24) is 4.98 Å². The number of nitrogens with zero attached hydrogens (tertiary/aromatic N) is 2. The number of halogens is 1. The third kappa shape index (κ3) is 1.95. The Morgan fingerprint density at radius 1 is 1.10 bits per heavy atom. The van der Waals surface area contributed by atoms with Crippen LogP contribution in [-0.4, -0.2) is 18.1 Å². The van der Waals surface area contributed by atoms with Crippen molar-refractivity contribution < 1.29 is 0 Å². The molecule has 1 aromatic heterocycles. The van der Waals surface area contributed by atoms with Crippen molar-refractivity contribution >= 4 is 32.7 Å². The molecule has 1 aromatic carbocycles. The minimum atomic E-state index is 0.717. The molecule has 1 spiro atoms. The van der Waals surface area contributed by atoms with E-state index < -0.39 is 0 Å².